The molecule has 1 fully saturated rings. The Kier molecular flexibility index (Phi) is 5.66. The minimum absolute atomic E-state index is 0.119. The largest absolute Gasteiger partial charge is 0.481 e. The molecule has 0 saturated carbocycles. The third-order valence-electron chi connectivity index (χ3n) is 3.79. The van der Waals surface area contributed by atoms with Crippen molar-refractivity contribution < 1.29 is 19.5 Å². The van der Waals surface area contributed by atoms with Gasteiger partial charge in [0.15, 0.2) is 0 Å². The SMILES string of the molecule is CC(C)N(CCC(=O)O)C(=O)c1ccc(Cl)c(N2CCNC2=O)c1. The van der Waals surface area contributed by atoms with Gasteiger partial charge in [-0.2, -0.15) is 0 Å². The zero-order chi connectivity index (χ0) is 17.9. The minimum atomic E-state index is -0.959. The molecule has 1 aromatic rings. The fourth-order valence-electron chi connectivity index (χ4n) is 2.53. The first kappa shape index (κ1) is 18.1. The van der Waals surface area contributed by atoms with Gasteiger partial charge in [0.25, 0.3) is 5.91 Å². The van der Waals surface area contributed by atoms with Crippen LogP contribution in [0.4, 0.5) is 10.5 Å². The van der Waals surface area contributed by atoms with Crippen molar-refractivity contribution in [1.82, 2.24) is 10.2 Å². The molecule has 3 amide bonds. The summed E-state index contributed by atoms with van der Waals surface area (Å²) in [5.41, 5.74) is 0.840. The number of carboxylic acids is 1. The number of carbonyl (C=O) groups is 3. The minimum Gasteiger partial charge on any atom is -0.481 e. The Morgan fingerprint density at radius 3 is 2.67 bits per heavy atom. The van der Waals surface area contributed by atoms with Crippen LogP contribution in [-0.4, -0.2) is 53.6 Å². The maximum Gasteiger partial charge on any atom is 0.322 e. The molecule has 2 rings (SSSR count). The first-order valence-corrected chi connectivity index (χ1v) is 8.06. The molecule has 0 aromatic heterocycles. The molecule has 130 valence electrons. The second-order valence-electron chi connectivity index (χ2n) is 5.79. The summed E-state index contributed by atoms with van der Waals surface area (Å²) in [5, 5.41) is 11.9. The lowest BCUT2D eigenvalue weighted by Crippen LogP contribution is -2.38. The van der Waals surface area contributed by atoms with Gasteiger partial charge >= 0.3 is 12.0 Å². The molecule has 0 radical (unpaired) electrons. The Bertz CT molecular complexity index is 663. The van der Waals surface area contributed by atoms with E-state index in [-0.39, 0.29) is 30.9 Å². The van der Waals surface area contributed by atoms with Crippen molar-refractivity contribution in [1.29, 1.82) is 0 Å². The van der Waals surface area contributed by atoms with E-state index in [1.165, 1.54) is 9.80 Å². The van der Waals surface area contributed by atoms with Crippen LogP contribution >= 0.6 is 11.6 Å². The van der Waals surface area contributed by atoms with Crippen LogP contribution in [0, 0.1) is 0 Å². The number of carbonyl (C=O) groups excluding carboxylic acids is 2. The molecule has 1 heterocycles. The molecule has 24 heavy (non-hydrogen) atoms. The highest BCUT2D eigenvalue weighted by atomic mass is 35.5. The Morgan fingerprint density at radius 1 is 1.42 bits per heavy atom. The number of hydrogen-bond donors (Lipinski definition) is 2. The van der Waals surface area contributed by atoms with E-state index in [4.69, 9.17) is 16.7 Å². The number of carboxylic acid groups (broad SMARTS) is 1. The van der Waals surface area contributed by atoms with Gasteiger partial charge in [0.05, 0.1) is 17.1 Å². The van der Waals surface area contributed by atoms with Crippen LogP contribution in [0.25, 0.3) is 0 Å². The summed E-state index contributed by atoms with van der Waals surface area (Å²) in [6, 6.07) is 4.33. The van der Waals surface area contributed by atoms with Crippen LogP contribution in [0.1, 0.15) is 30.6 Å². The van der Waals surface area contributed by atoms with E-state index >= 15 is 0 Å². The molecule has 1 aliphatic heterocycles. The van der Waals surface area contributed by atoms with Gasteiger partial charge in [0.1, 0.15) is 0 Å². The van der Waals surface area contributed by atoms with Crippen molar-refractivity contribution >= 4 is 35.2 Å². The molecule has 1 aliphatic rings. The number of anilines is 1. The molecule has 8 heteroatoms. The van der Waals surface area contributed by atoms with Gasteiger partial charge in [-0.15, -0.1) is 0 Å². The molecule has 0 bridgehead atoms. The van der Waals surface area contributed by atoms with Gasteiger partial charge in [0.2, 0.25) is 0 Å². The fraction of sp³-hybridized carbons (Fsp3) is 0.438. The smallest absolute Gasteiger partial charge is 0.322 e. The van der Waals surface area contributed by atoms with E-state index < -0.39 is 5.97 Å². The van der Waals surface area contributed by atoms with Crippen molar-refractivity contribution in [3.63, 3.8) is 0 Å². The summed E-state index contributed by atoms with van der Waals surface area (Å²) in [7, 11) is 0. The third-order valence-corrected chi connectivity index (χ3v) is 4.11. The average molecular weight is 354 g/mol. The molecule has 0 unspecified atom stereocenters. The molecule has 7 nitrogen and oxygen atoms in total. The molecular formula is C16H20ClN3O4. The fourth-order valence-corrected chi connectivity index (χ4v) is 2.75. The summed E-state index contributed by atoms with van der Waals surface area (Å²) in [4.78, 5) is 38.3. The molecule has 0 atom stereocenters. The summed E-state index contributed by atoms with van der Waals surface area (Å²) in [5.74, 6) is -1.25. The number of nitrogens with zero attached hydrogens (tertiary/aromatic N) is 2. The Labute approximate surface area is 145 Å². The van der Waals surface area contributed by atoms with Crippen LogP contribution in [-0.2, 0) is 4.79 Å². The number of aliphatic carboxylic acids is 1. The van der Waals surface area contributed by atoms with Gasteiger partial charge in [-0.25, -0.2) is 4.79 Å². The highest BCUT2D eigenvalue weighted by molar-refractivity contribution is 6.34. The number of urea groups is 1. The van der Waals surface area contributed by atoms with Crippen molar-refractivity contribution in [3.05, 3.63) is 28.8 Å². The van der Waals surface area contributed by atoms with Crippen LogP contribution in [0.2, 0.25) is 5.02 Å². The quantitative estimate of drug-likeness (QED) is 0.820. The predicted octanol–water partition coefficient (Wildman–Crippen LogP) is 2.19. The summed E-state index contributed by atoms with van der Waals surface area (Å²) in [6.45, 7) is 4.76. The molecular weight excluding hydrogens is 334 g/mol. The topological polar surface area (TPSA) is 90.0 Å². The zero-order valence-electron chi connectivity index (χ0n) is 13.6. The van der Waals surface area contributed by atoms with Crippen LogP contribution in [0.3, 0.4) is 0 Å². The molecule has 1 aromatic carbocycles. The number of nitrogens with one attached hydrogen (secondary N) is 1. The molecule has 1 saturated heterocycles. The number of halogens is 1. The maximum atomic E-state index is 12.7. The second-order valence-corrected chi connectivity index (χ2v) is 6.19. The average Bonchev–Trinajstić information content (AvgIpc) is 2.93. The highest BCUT2D eigenvalue weighted by Gasteiger charge is 2.26. The zero-order valence-corrected chi connectivity index (χ0v) is 14.3. The van der Waals surface area contributed by atoms with E-state index in [9.17, 15) is 14.4 Å². The van der Waals surface area contributed by atoms with E-state index in [0.717, 1.165) is 0 Å². The van der Waals surface area contributed by atoms with E-state index in [2.05, 4.69) is 5.32 Å². The van der Waals surface area contributed by atoms with Crippen molar-refractivity contribution in [2.45, 2.75) is 26.3 Å². The maximum absolute atomic E-state index is 12.7. The first-order chi connectivity index (χ1) is 11.3. The van der Waals surface area contributed by atoms with Crippen LogP contribution in [0.15, 0.2) is 18.2 Å². The molecule has 0 aliphatic carbocycles. The lowest BCUT2D eigenvalue weighted by molar-refractivity contribution is -0.137. The molecule has 0 spiro atoms. The van der Waals surface area contributed by atoms with E-state index in [1.54, 1.807) is 18.2 Å². The van der Waals surface area contributed by atoms with Gasteiger partial charge in [-0.3, -0.25) is 14.5 Å². The van der Waals surface area contributed by atoms with Gasteiger partial charge in [-0.05, 0) is 32.0 Å². The summed E-state index contributed by atoms with van der Waals surface area (Å²) < 4.78 is 0. The normalized spacial score (nSPS) is 14.0. The van der Waals surface area contributed by atoms with Gasteiger partial charge in [-0.1, -0.05) is 11.6 Å². The van der Waals surface area contributed by atoms with E-state index in [1.807, 2.05) is 13.8 Å². The Balaban J connectivity index is 2.28. The monoisotopic (exact) mass is 353 g/mol. The van der Waals surface area contributed by atoms with Crippen molar-refractivity contribution in [2.75, 3.05) is 24.5 Å². The summed E-state index contributed by atoms with van der Waals surface area (Å²) >= 11 is 6.17. The lowest BCUT2D eigenvalue weighted by Gasteiger charge is -2.27. The van der Waals surface area contributed by atoms with E-state index in [0.29, 0.717) is 29.4 Å². The predicted molar refractivity (Wildman–Crippen MR) is 90.6 cm³/mol. The first-order valence-electron chi connectivity index (χ1n) is 7.69. The number of rotatable bonds is 6. The Morgan fingerprint density at radius 2 is 2.12 bits per heavy atom. The van der Waals surface area contributed by atoms with Gasteiger partial charge < -0.3 is 15.3 Å². The van der Waals surface area contributed by atoms with Crippen molar-refractivity contribution in [2.24, 2.45) is 0 Å². The second kappa shape index (κ2) is 7.53. The third kappa shape index (κ3) is 3.97. The van der Waals surface area contributed by atoms with Gasteiger partial charge in [0, 0.05) is 31.2 Å². The number of hydrogen-bond acceptors (Lipinski definition) is 3. The lowest BCUT2D eigenvalue weighted by atomic mass is 10.1. The van der Waals surface area contributed by atoms with Crippen LogP contribution in [0.5, 0.6) is 0 Å². The Hall–Kier alpha value is -2.28. The van der Waals surface area contributed by atoms with Crippen LogP contribution < -0.4 is 10.2 Å². The highest BCUT2D eigenvalue weighted by Crippen LogP contribution is 2.29. The molecule has 2 N–H and O–H groups in total. The number of amides is 3. The summed E-state index contributed by atoms with van der Waals surface area (Å²) in [6.07, 6.45) is -0.126. The number of benzene rings is 1. The standard InChI is InChI=1S/C16H20ClN3O4/c1-10(2)19(7-5-14(21)22)15(23)11-3-4-12(17)13(9-11)20-8-6-18-16(20)24/h3-4,9-10H,5-8H2,1-2H3,(H,18,24)(H,21,22). The van der Waals surface area contributed by atoms with Crippen molar-refractivity contribution in [3.8, 4) is 0 Å².